The lowest BCUT2D eigenvalue weighted by Crippen LogP contribution is -2.58. The molecule has 0 spiro atoms. The van der Waals surface area contributed by atoms with Gasteiger partial charge in [-0.15, -0.1) is 0 Å². The van der Waals surface area contributed by atoms with Gasteiger partial charge in [0.05, 0.1) is 6.10 Å². The van der Waals surface area contributed by atoms with Crippen molar-refractivity contribution in [1.82, 2.24) is 5.32 Å². The first-order valence-electron chi connectivity index (χ1n) is 14.0. The summed E-state index contributed by atoms with van der Waals surface area (Å²) in [6, 6.07) is 20.6. The highest BCUT2D eigenvalue weighted by molar-refractivity contribution is 5.82. The number of aliphatic carboxylic acids is 1. The third-order valence-corrected chi connectivity index (χ3v) is 8.10. The number of carboxylic acid groups (broad SMARTS) is 1. The molecule has 6 N–H and O–H groups in total. The Kier molecular flexibility index (Phi) is 8.67. The lowest BCUT2D eigenvalue weighted by molar-refractivity contribution is -0.199. The summed E-state index contributed by atoms with van der Waals surface area (Å²) in [6.07, 6.45) is -6.71. The number of esters is 1. The average Bonchev–Trinajstić information content (AvgIpc) is 3.31. The lowest BCUT2D eigenvalue weighted by Gasteiger charge is -2.39. The molecule has 11 heteroatoms. The second-order valence-corrected chi connectivity index (χ2v) is 11.0. The minimum Gasteiger partial charge on any atom is -0.508 e. The van der Waals surface area contributed by atoms with Gasteiger partial charge in [0.2, 0.25) is 0 Å². The van der Waals surface area contributed by atoms with Crippen LogP contribution in [0.2, 0.25) is 0 Å². The van der Waals surface area contributed by atoms with Crippen LogP contribution in [0.5, 0.6) is 5.75 Å². The number of fused-ring (bicyclic) bond motifs is 3. The Bertz CT molecular complexity index is 1450. The fraction of sp³-hybridized carbons (Fsp3) is 0.344. The molecular formula is C32H33NO10. The zero-order chi connectivity index (χ0) is 30.7. The van der Waals surface area contributed by atoms with Crippen LogP contribution in [-0.4, -0.2) is 80.1 Å². The van der Waals surface area contributed by atoms with Crippen LogP contribution in [0, 0.1) is 0 Å². The number of amides is 1. The maximum atomic E-state index is 13.3. The van der Waals surface area contributed by atoms with Gasteiger partial charge in [-0.1, -0.05) is 60.7 Å². The van der Waals surface area contributed by atoms with E-state index in [4.69, 9.17) is 9.47 Å². The van der Waals surface area contributed by atoms with Gasteiger partial charge in [0.25, 0.3) is 0 Å². The summed E-state index contributed by atoms with van der Waals surface area (Å²) in [7, 11) is 0. The van der Waals surface area contributed by atoms with Crippen molar-refractivity contribution in [3.63, 3.8) is 0 Å². The lowest BCUT2D eigenvalue weighted by atomic mass is 9.79. The van der Waals surface area contributed by atoms with Crippen LogP contribution < -0.4 is 5.32 Å². The minimum atomic E-state index is -2.41. The molecule has 1 fully saturated rings. The van der Waals surface area contributed by atoms with Crippen LogP contribution in [0.1, 0.15) is 41.9 Å². The molecule has 11 nitrogen and oxygen atoms in total. The molecule has 1 saturated carbocycles. The first kappa shape index (κ1) is 30.0. The SMILES string of the molecule is O=C(NC(CCc1ccc(O)cc1)C(=O)OC1CC(O)(C(=O)O)CC(O)C1O)OCC1c2ccccc2-c2ccccc21. The topological polar surface area (TPSA) is 183 Å². The van der Waals surface area contributed by atoms with Crippen molar-refractivity contribution in [3.8, 4) is 16.9 Å². The molecule has 2 aliphatic carbocycles. The number of benzene rings is 3. The highest BCUT2D eigenvalue weighted by Crippen LogP contribution is 2.44. The normalized spacial score (nSPS) is 23.5. The van der Waals surface area contributed by atoms with Gasteiger partial charge in [0.15, 0.2) is 5.60 Å². The number of carbonyl (C=O) groups is 3. The molecule has 3 aromatic carbocycles. The summed E-state index contributed by atoms with van der Waals surface area (Å²) in [5.41, 5.74) is 2.46. The maximum Gasteiger partial charge on any atom is 0.407 e. The Labute approximate surface area is 247 Å². The van der Waals surface area contributed by atoms with Gasteiger partial charge in [-0.05, 0) is 52.8 Å². The number of carboxylic acids is 1. The number of ether oxygens (including phenoxy) is 2. The van der Waals surface area contributed by atoms with Gasteiger partial charge in [-0.25, -0.2) is 14.4 Å². The Hall–Kier alpha value is -4.45. The van der Waals surface area contributed by atoms with E-state index in [0.29, 0.717) is 0 Å². The van der Waals surface area contributed by atoms with Crippen molar-refractivity contribution < 1.29 is 49.4 Å². The van der Waals surface area contributed by atoms with Gasteiger partial charge in [-0.2, -0.15) is 0 Å². The first-order valence-corrected chi connectivity index (χ1v) is 14.0. The third kappa shape index (κ3) is 6.48. The second-order valence-electron chi connectivity index (χ2n) is 11.0. The molecular weight excluding hydrogens is 558 g/mol. The van der Waals surface area contributed by atoms with Crippen LogP contribution in [0.4, 0.5) is 4.79 Å². The highest BCUT2D eigenvalue weighted by atomic mass is 16.6. The maximum absolute atomic E-state index is 13.3. The van der Waals surface area contributed by atoms with Crippen molar-refractivity contribution in [2.45, 2.75) is 61.6 Å². The summed E-state index contributed by atoms with van der Waals surface area (Å²) in [4.78, 5) is 37.9. The number of nitrogens with one attached hydrogen (secondary N) is 1. The van der Waals surface area contributed by atoms with Crippen molar-refractivity contribution in [3.05, 3.63) is 89.5 Å². The molecule has 0 radical (unpaired) electrons. The van der Waals surface area contributed by atoms with E-state index in [0.717, 1.165) is 27.8 Å². The largest absolute Gasteiger partial charge is 0.508 e. The van der Waals surface area contributed by atoms with Crippen LogP contribution >= 0.6 is 0 Å². The van der Waals surface area contributed by atoms with E-state index >= 15 is 0 Å². The Morgan fingerprint density at radius 3 is 2.12 bits per heavy atom. The number of carbonyl (C=O) groups excluding carboxylic acids is 2. The molecule has 43 heavy (non-hydrogen) atoms. The molecule has 5 atom stereocenters. The van der Waals surface area contributed by atoms with E-state index in [-0.39, 0.29) is 31.1 Å². The first-order chi connectivity index (χ1) is 20.6. The average molecular weight is 592 g/mol. The Balaban J connectivity index is 1.29. The van der Waals surface area contributed by atoms with Gasteiger partial charge in [-0.3, -0.25) is 0 Å². The van der Waals surface area contributed by atoms with E-state index in [1.54, 1.807) is 12.1 Å². The third-order valence-electron chi connectivity index (χ3n) is 8.10. The second kappa shape index (κ2) is 12.4. The van der Waals surface area contributed by atoms with E-state index in [1.165, 1.54) is 12.1 Å². The summed E-state index contributed by atoms with van der Waals surface area (Å²) >= 11 is 0. The molecule has 0 heterocycles. The summed E-state index contributed by atoms with van der Waals surface area (Å²) in [5, 5.41) is 52.5. The number of hydrogen-bond donors (Lipinski definition) is 6. The number of phenols is 1. The monoisotopic (exact) mass is 591 g/mol. The number of rotatable bonds is 9. The zero-order valence-electron chi connectivity index (χ0n) is 23.1. The number of aliphatic hydroxyl groups is 3. The molecule has 0 saturated heterocycles. The Morgan fingerprint density at radius 1 is 0.907 bits per heavy atom. The van der Waals surface area contributed by atoms with Crippen LogP contribution in [0.25, 0.3) is 11.1 Å². The molecule has 226 valence electrons. The molecule has 1 amide bonds. The van der Waals surface area contributed by atoms with Gasteiger partial charge in [0, 0.05) is 18.8 Å². The zero-order valence-corrected chi connectivity index (χ0v) is 23.1. The van der Waals surface area contributed by atoms with Gasteiger partial charge >= 0.3 is 18.0 Å². The van der Waals surface area contributed by atoms with Crippen LogP contribution in [-0.2, 0) is 25.5 Å². The van der Waals surface area contributed by atoms with Gasteiger partial charge < -0.3 is 40.3 Å². The van der Waals surface area contributed by atoms with E-state index < -0.39 is 60.8 Å². The fourth-order valence-corrected chi connectivity index (χ4v) is 5.77. The van der Waals surface area contributed by atoms with E-state index in [2.05, 4.69) is 5.32 Å². The molecule has 5 rings (SSSR count). The summed E-state index contributed by atoms with van der Waals surface area (Å²) in [6.45, 7) is -0.00123. The van der Waals surface area contributed by atoms with Crippen LogP contribution in [0.15, 0.2) is 72.8 Å². The standard InChI is InChI=1S/C32H33NO10/c34-19-12-9-18(10-13-19)11-14-25(29(37)43-27-16-32(41,30(38)39)15-26(35)28(27)36)33-31(40)42-17-24-22-7-3-1-5-20(22)21-6-2-4-8-23(21)24/h1-10,12-13,24-28,34-36,41H,11,14-17H2,(H,33,40)(H,38,39). The molecule has 3 aromatic rings. The highest BCUT2D eigenvalue weighted by Gasteiger charge is 2.50. The molecule has 5 unspecified atom stereocenters. The van der Waals surface area contributed by atoms with E-state index in [1.807, 2.05) is 48.5 Å². The van der Waals surface area contributed by atoms with Crippen molar-refractivity contribution in [1.29, 1.82) is 0 Å². The number of phenolic OH excluding ortho intramolecular Hbond substituents is 1. The van der Waals surface area contributed by atoms with Crippen molar-refractivity contribution >= 4 is 18.0 Å². The summed E-state index contributed by atoms with van der Waals surface area (Å²) < 4.78 is 11.0. The number of aliphatic hydroxyl groups excluding tert-OH is 2. The molecule has 0 aromatic heterocycles. The molecule has 0 bridgehead atoms. The number of alkyl carbamates (subject to hydrolysis) is 1. The van der Waals surface area contributed by atoms with Crippen molar-refractivity contribution in [2.75, 3.05) is 6.61 Å². The van der Waals surface area contributed by atoms with Gasteiger partial charge in [0.1, 0.15) is 30.6 Å². The molecule has 2 aliphatic rings. The van der Waals surface area contributed by atoms with E-state index in [9.17, 15) is 39.9 Å². The Morgan fingerprint density at radius 2 is 1.51 bits per heavy atom. The minimum absolute atomic E-state index is 0.00123. The molecule has 0 aliphatic heterocycles. The smallest absolute Gasteiger partial charge is 0.407 e. The van der Waals surface area contributed by atoms with Crippen molar-refractivity contribution in [2.24, 2.45) is 0 Å². The number of aryl methyl sites for hydroxylation is 1. The number of aromatic hydroxyl groups is 1. The number of hydrogen-bond acceptors (Lipinski definition) is 9. The summed E-state index contributed by atoms with van der Waals surface area (Å²) in [5.74, 6) is -2.78. The predicted octanol–water partition coefficient (Wildman–Crippen LogP) is 2.48. The predicted molar refractivity (Wildman–Crippen MR) is 152 cm³/mol. The van der Waals surface area contributed by atoms with Crippen LogP contribution in [0.3, 0.4) is 0 Å². The quantitative estimate of drug-likeness (QED) is 0.202. The fourth-order valence-electron chi connectivity index (χ4n) is 5.77.